The average molecular weight is 251 g/mol. The van der Waals surface area contributed by atoms with Crippen LogP contribution in [0.2, 0.25) is 0 Å². The Morgan fingerprint density at radius 1 is 1.56 bits per heavy atom. The molecule has 18 heavy (non-hydrogen) atoms. The van der Waals surface area contributed by atoms with Crippen molar-refractivity contribution in [3.63, 3.8) is 0 Å². The third-order valence-electron chi connectivity index (χ3n) is 3.52. The summed E-state index contributed by atoms with van der Waals surface area (Å²) >= 11 is 0. The smallest absolute Gasteiger partial charge is 0.307 e. The quantitative estimate of drug-likeness (QED) is 0.897. The summed E-state index contributed by atoms with van der Waals surface area (Å²) in [4.78, 5) is 13.0. The average Bonchev–Trinajstić information content (AvgIpc) is 2.35. The van der Waals surface area contributed by atoms with E-state index < -0.39 is 5.97 Å². The van der Waals surface area contributed by atoms with E-state index in [9.17, 15) is 9.18 Å². The normalized spacial score (nSPS) is 20.9. The number of hydrogen-bond acceptors (Lipinski definition) is 2. The second-order valence-corrected chi connectivity index (χ2v) is 4.96. The number of likely N-dealkylation sites (tertiary alicyclic amines) is 1. The van der Waals surface area contributed by atoms with Gasteiger partial charge in [-0.1, -0.05) is 18.2 Å². The molecular weight excluding hydrogens is 233 g/mol. The standard InChI is InChI=1S/C14H18FNO2/c1-10-4-2-5-11(13(10)15)8-16-7-3-6-12(9-16)14(17)18/h2,4-5,12H,3,6-9H2,1H3,(H,17,18)/t12-/m0/s1. The minimum atomic E-state index is -0.746. The number of nitrogens with zero attached hydrogens (tertiary/aromatic N) is 1. The first-order chi connectivity index (χ1) is 8.58. The lowest BCUT2D eigenvalue weighted by Gasteiger charge is -2.30. The number of aryl methyl sites for hydroxylation is 1. The van der Waals surface area contributed by atoms with E-state index in [0.29, 0.717) is 24.2 Å². The SMILES string of the molecule is Cc1cccc(CN2CCC[C@H](C(=O)O)C2)c1F. The van der Waals surface area contributed by atoms with Gasteiger partial charge in [0.15, 0.2) is 0 Å². The highest BCUT2D eigenvalue weighted by atomic mass is 19.1. The summed E-state index contributed by atoms with van der Waals surface area (Å²) in [5.74, 6) is -1.23. The molecule has 3 nitrogen and oxygen atoms in total. The molecule has 1 saturated heterocycles. The van der Waals surface area contributed by atoms with E-state index in [-0.39, 0.29) is 11.7 Å². The van der Waals surface area contributed by atoms with E-state index in [1.54, 1.807) is 19.1 Å². The zero-order chi connectivity index (χ0) is 13.1. The van der Waals surface area contributed by atoms with Gasteiger partial charge in [0.2, 0.25) is 0 Å². The van der Waals surface area contributed by atoms with E-state index in [0.717, 1.165) is 19.4 Å². The largest absolute Gasteiger partial charge is 0.481 e. The van der Waals surface area contributed by atoms with Crippen molar-refractivity contribution >= 4 is 5.97 Å². The predicted octanol–water partition coefficient (Wildman–Crippen LogP) is 2.43. The lowest BCUT2D eigenvalue weighted by molar-refractivity contribution is -0.143. The molecule has 0 unspecified atom stereocenters. The summed E-state index contributed by atoms with van der Waals surface area (Å²) < 4.78 is 13.9. The van der Waals surface area contributed by atoms with Crippen LogP contribution in [0.3, 0.4) is 0 Å². The summed E-state index contributed by atoms with van der Waals surface area (Å²) in [6, 6.07) is 5.36. The minimum Gasteiger partial charge on any atom is -0.481 e. The van der Waals surface area contributed by atoms with Crippen LogP contribution in [0, 0.1) is 18.7 Å². The van der Waals surface area contributed by atoms with Crippen LogP contribution in [-0.2, 0) is 11.3 Å². The highest BCUT2D eigenvalue weighted by Gasteiger charge is 2.25. The Morgan fingerprint density at radius 2 is 2.33 bits per heavy atom. The fourth-order valence-electron chi connectivity index (χ4n) is 2.47. The molecule has 1 aromatic carbocycles. The van der Waals surface area contributed by atoms with Crippen LogP contribution < -0.4 is 0 Å². The van der Waals surface area contributed by atoms with Crippen LogP contribution in [0.1, 0.15) is 24.0 Å². The molecule has 1 fully saturated rings. The Bertz CT molecular complexity index is 447. The summed E-state index contributed by atoms with van der Waals surface area (Å²) in [6.07, 6.45) is 1.59. The number of hydrogen-bond donors (Lipinski definition) is 1. The molecule has 0 bridgehead atoms. The highest BCUT2D eigenvalue weighted by molar-refractivity contribution is 5.70. The molecule has 0 aliphatic carbocycles. The summed E-state index contributed by atoms with van der Waals surface area (Å²) in [5.41, 5.74) is 1.29. The number of aliphatic carboxylic acids is 1. The van der Waals surface area contributed by atoms with Gasteiger partial charge in [-0.15, -0.1) is 0 Å². The molecule has 0 radical (unpaired) electrons. The third-order valence-corrected chi connectivity index (χ3v) is 3.52. The number of piperidine rings is 1. The Hall–Kier alpha value is -1.42. The van der Waals surface area contributed by atoms with E-state index in [2.05, 4.69) is 0 Å². The van der Waals surface area contributed by atoms with Crippen molar-refractivity contribution in [2.75, 3.05) is 13.1 Å². The van der Waals surface area contributed by atoms with Crippen molar-refractivity contribution in [2.45, 2.75) is 26.3 Å². The molecule has 1 aliphatic heterocycles. The summed E-state index contributed by atoms with van der Waals surface area (Å²) in [6.45, 7) is 3.60. The lowest BCUT2D eigenvalue weighted by atomic mass is 9.97. The molecular formula is C14H18FNO2. The monoisotopic (exact) mass is 251 g/mol. The van der Waals surface area contributed by atoms with Crippen LogP contribution >= 0.6 is 0 Å². The first kappa shape index (κ1) is 13.0. The van der Waals surface area contributed by atoms with Crippen molar-refractivity contribution < 1.29 is 14.3 Å². The molecule has 98 valence electrons. The number of rotatable bonds is 3. The van der Waals surface area contributed by atoms with Crippen molar-refractivity contribution in [2.24, 2.45) is 5.92 Å². The zero-order valence-electron chi connectivity index (χ0n) is 10.5. The van der Waals surface area contributed by atoms with Gasteiger partial charge in [0, 0.05) is 18.7 Å². The van der Waals surface area contributed by atoms with Crippen LogP contribution in [0.5, 0.6) is 0 Å². The Morgan fingerprint density at radius 3 is 3.06 bits per heavy atom. The molecule has 0 saturated carbocycles. The van der Waals surface area contributed by atoms with Crippen molar-refractivity contribution in [3.8, 4) is 0 Å². The van der Waals surface area contributed by atoms with Gasteiger partial charge >= 0.3 is 5.97 Å². The molecule has 1 atom stereocenters. The first-order valence-electron chi connectivity index (χ1n) is 6.27. The number of carboxylic acid groups (broad SMARTS) is 1. The van der Waals surface area contributed by atoms with Crippen LogP contribution in [-0.4, -0.2) is 29.1 Å². The van der Waals surface area contributed by atoms with Gasteiger partial charge in [-0.25, -0.2) is 4.39 Å². The second-order valence-electron chi connectivity index (χ2n) is 4.96. The maximum Gasteiger partial charge on any atom is 0.307 e. The number of halogens is 1. The van der Waals surface area contributed by atoms with E-state index in [4.69, 9.17) is 5.11 Å². The van der Waals surface area contributed by atoms with Crippen molar-refractivity contribution in [1.82, 2.24) is 4.90 Å². The van der Waals surface area contributed by atoms with Crippen molar-refractivity contribution in [1.29, 1.82) is 0 Å². The number of carbonyl (C=O) groups is 1. The van der Waals surface area contributed by atoms with E-state index >= 15 is 0 Å². The third kappa shape index (κ3) is 2.88. The maximum absolute atomic E-state index is 13.9. The van der Waals surface area contributed by atoms with Crippen LogP contribution in [0.4, 0.5) is 4.39 Å². The van der Waals surface area contributed by atoms with Gasteiger partial charge in [-0.05, 0) is 31.9 Å². The number of benzene rings is 1. The highest BCUT2D eigenvalue weighted by Crippen LogP contribution is 2.20. The Kier molecular flexibility index (Phi) is 3.97. The Labute approximate surface area is 106 Å². The van der Waals surface area contributed by atoms with Gasteiger partial charge < -0.3 is 5.11 Å². The van der Waals surface area contributed by atoms with E-state index in [1.165, 1.54) is 0 Å². The molecule has 1 heterocycles. The predicted molar refractivity (Wildman–Crippen MR) is 66.8 cm³/mol. The molecule has 1 aliphatic rings. The Balaban J connectivity index is 2.05. The molecule has 4 heteroatoms. The van der Waals surface area contributed by atoms with Gasteiger partial charge in [-0.3, -0.25) is 9.69 Å². The first-order valence-corrected chi connectivity index (χ1v) is 6.27. The number of carboxylic acids is 1. The molecule has 0 spiro atoms. The van der Waals surface area contributed by atoms with Gasteiger partial charge in [0.25, 0.3) is 0 Å². The zero-order valence-corrected chi connectivity index (χ0v) is 10.5. The molecule has 1 aromatic rings. The maximum atomic E-state index is 13.9. The van der Waals surface area contributed by atoms with Gasteiger partial charge in [-0.2, -0.15) is 0 Å². The molecule has 0 amide bonds. The van der Waals surface area contributed by atoms with Crippen molar-refractivity contribution in [3.05, 3.63) is 35.1 Å². The molecule has 0 aromatic heterocycles. The van der Waals surface area contributed by atoms with Crippen LogP contribution in [0.25, 0.3) is 0 Å². The second kappa shape index (κ2) is 5.48. The molecule has 2 rings (SSSR count). The molecule has 1 N–H and O–H groups in total. The van der Waals surface area contributed by atoms with Crippen LogP contribution in [0.15, 0.2) is 18.2 Å². The van der Waals surface area contributed by atoms with E-state index in [1.807, 2.05) is 11.0 Å². The topological polar surface area (TPSA) is 40.5 Å². The summed E-state index contributed by atoms with van der Waals surface area (Å²) in [7, 11) is 0. The van der Waals surface area contributed by atoms with Gasteiger partial charge in [0.05, 0.1) is 5.92 Å². The fraction of sp³-hybridized carbons (Fsp3) is 0.500. The minimum absolute atomic E-state index is 0.171. The fourth-order valence-corrected chi connectivity index (χ4v) is 2.47. The summed E-state index contributed by atoms with van der Waals surface area (Å²) in [5, 5.41) is 9.02. The van der Waals surface area contributed by atoms with Gasteiger partial charge in [0.1, 0.15) is 5.82 Å². The lowest BCUT2D eigenvalue weighted by Crippen LogP contribution is -2.38.